The van der Waals surface area contributed by atoms with Crippen molar-refractivity contribution in [3.05, 3.63) is 65.2 Å². The molecule has 1 heterocycles. The molecule has 0 spiro atoms. The van der Waals surface area contributed by atoms with Crippen molar-refractivity contribution in [3.8, 4) is 10.6 Å². The van der Waals surface area contributed by atoms with Crippen LogP contribution in [0.5, 0.6) is 0 Å². The van der Waals surface area contributed by atoms with E-state index >= 15 is 0 Å². The summed E-state index contributed by atoms with van der Waals surface area (Å²) in [7, 11) is 3.81. The van der Waals surface area contributed by atoms with Gasteiger partial charge in [-0.2, -0.15) is 0 Å². The lowest BCUT2D eigenvalue weighted by molar-refractivity contribution is -0.119. The number of carbonyl (C=O) groups excluding carboxylic acids is 2. The molecule has 0 aliphatic heterocycles. The van der Waals surface area contributed by atoms with Gasteiger partial charge in [-0.15, -0.1) is 11.3 Å². The van der Waals surface area contributed by atoms with E-state index in [0.29, 0.717) is 17.8 Å². The molecule has 166 valence electrons. The number of carbonyl (C=O) groups is 2. The minimum atomic E-state index is -0.176. The van der Waals surface area contributed by atoms with Gasteiger partial charge in [0, 0.05) is 55.1 Å². The maximum absolute atomic E-state index is 13.1. The number of aromatic nitrogens is 1. The van der Waals surface area contributed by atoms with Crippen LogP contribution in [0.3, 0.4) is 0 Å². The molecule has 2 aromatic carbocycles. The Morgan fingerprint density at radius 2 is 1.94 bits per heavy atom. The molecule has 4 rings (SSSR count). The summed E-state index contributed by atoms with van der Waals surface area (Å²) in [5.41, 5.74) is 4.04. The number of rotatable bonds is 7. The monoisotopic (exact) mass is 448 g/mol. The average Bonchev–Trinajstić information content (AvgIpc) is 3.52. The number of nitrogens with zero attached hydrogens (tertiary/aromatic N) is 2. The van der Waals surface area contributed by atoms with E-state index in [4.69, 9.17) is 0 Å². The molecule has 6 nitrogen and oxygen atoms in total. The quantitative estimate of drug-likeness (QED) is 0.537. The van der Waals surface area contributed by atoms with Crippen LogP contribution in [-0.4, -0.2) is 30.9 Å². The van der Waals surface area contributed by atoms with Crippen LogP contribution in [-0.2, 0) is 11.3 Å². The Hall–Kier alpha value is -3.19. The van der Waals surface area contributed by atoms with E-state index in [1.165, 1.54) is 0 Å². The molecule has 0 unspecified atom stereocenters. The molecule has 1 aromatic heterocycles. The van der Waals surface area contributed by atoms with Crippen molar-refractivity contribution in [3.63, 3.8) is 0 Å². The zero-order valence-corrected chi connectivity index (χ0v) is 19.2. The van der Waals surface area contributed by atoms with Crippen molar-refractivity contribution in [1.82, 2.24) is 10.3 Å². The van der Waals surface area contributed by atoms with Crippen LogP contribution < -0.4 is 15.5 Å². The zero-order chi connectivity index (χ0) is 22.5. The van der Waals surface area contributed by atoms with Gasteiger partial charge in [-0.3, -0.25) is 9.59 Å². The van der Waals surface area contributed by atoms with E-state index in [2.05, 4.69) is 15.6 Å². The summed E-state index contributed by atoms with van der Waals surface area (Å²) in [6.45, 7) is 0.406. The number of thiazole rings is 1. The van der Waals surface area contributed by atoms with Crippen molar-refractivity contribution in [2.24, 2.45) is 5.92 Å². The highest BCUT2D eigenvalue weighted by Gasteiger charge is 2.23. The van der Waals surface area contributed by atoms with E-state index < -0.39 is 0 Å². The van der Waals surface area contributed by atoms with Gasteiger partial charge in [0.2, 0.25) is 5.91 Å². The van der Waals surface area contributed by atoms with Gasteiger partial charge in [-0.05, 0) is 42.7 Å². The lowest BCUT2D eigenvalue weighted by atomic mass is 10.1. The first-order valence-electron chi connectivity index (χ1n) is 10.9. The Kier molecular flexibility index (Phi) is 6.85. The fraction of sp³-hybridized carbons (Fsp3) is 0.320. The second kappa shape index (κ2) is 9.96. The summed E-state index contributed by atoms with van der Waals surface area (Å²) < 4.78 is 0. The fourth-order valence-electron chi connectivity index (χ4n) is 4.08. The third-order valence-electron chi connectivity index (χ3n) is 5.78. The fourth-order valence-corrected chi connectivity index (χ4v) is 4.71. The molecule has 2 N–H and O–H groups in total. The van der Waals surface area contributed by atoms with Crippen molar-refractivity contribution in [2.45, 2.75) is 32.2 Å². The third kappa shape index (κ3) is 5.16. The van der Waals surface area contributed by atoms with E-state index in [-0.39, 0.29) is 17.7 Å². The van der Waals surface area contributed by atoms with Gasteiger partial charge < -0.3 is 15.5 Å². The van der Waals surface area contributed by atoms with E-state index in [1.54, 1.807) is 23.6 Å². The third-order valence-corrected chi connectivity index (χ3v) is 6.60. The van der Waals surface area contributed by atoms with Crippen LogP contribution in [0, 0.1) is 5.92 Å². The SMILES string of the molecule is CN(C)c1ccc(NC(=O)C2CCCC2)cc1C(=O)NCc1cccc(-c2nccs2)c1. The Bertz CT molecular complexity index is 1090. The highest BCUT2D eigenvalue weighted by atomic mass is 32.1. The summed E-state index contributed by atoms with van der Waals surface area (Å²) in [6.07, 6.45) is 5.88. The normalized spacial score (nSPS) is 13.7. The van der Waals surface area contributed by atoms with Crippen molar-refractivity contribution in [1.29, 1.82) is 0 Å². The number of amides is 2. The van der Waals surface area contributed by atoms with Crippen LogP contribution in [0.15, 0.2) is 54.0 Å². The topological polar surface area (TPSA) is 74.3 Å². The average molecular weight is 449 g/mol. The molecule has 0 radical (unpaired) electrons. The standard InChI is InChI=1S/C25H28N4O2S/c1-29(2)22-11-10-20(28-23(30)18-7-3-4-8-18)15-21(22)24(31)27-16-17-6-5-9-19(14-17)25-26-12-13-32-25/h5-6,9-15,18H,3-4,7-8,16H2,1-2H3,(H,27,31)(H,28,30). The molecule has 0 atom stereocenters. The van der Waals surface area contributed by atoms with E-state index in [0.717, 1.165) is 47.5 Å². The minimum Gasteiger partial charge on any atom is -0.377 e. The lowest BCUT2D eigenvalue weighted by Gasteiger charge is -2.19. The number of hydrogen-bond acceptors (Lipinski definition) is 5. The van der Waals surface area contributed by atoms with E-state index in [9.17, 15) is 9.59 Å². The second-order valence-electron chi connectivity index (χ2n) is 8.32. The molecule has 1 fully saturated rings. The Morgan fingerprint density at radius 3 is 2.66 bits per heavy atom. The first kappa shape index (κ1) is 22.0. The molecule has 3 aromatic rings. The Labute approximate surface area is 192 Å². The maximum Gasteiger partial charge on any atom is 0.253 e. The van der Waals surface area contributed by atoms with Gasteiger partial charge in [0.1, 0.15) is 5.01 Å². The van der Waals surface area contributed by atoms with Gasteiger partial charge in [0.05, 0.1) is 5.56 Å². The van der Waals surface area contributed by atoms with Crippen molar-refractivity contribution < 1.29 is 9.59 Å². The highest BCUT2D eigenvalue weighted by Crippen LogP contribution is 2.28. The van der Waals surface area contributed by atoms with Crippen LogP contribution in [0.2, 0.25) is 0 Å². The molecule has 32 heavy (non-hydrogen) atoms. The van der Waals surface area contributed by atoms with Gasteiger partial charge in [-0.1, -0.05) is 31.0 Å². The number of anilines is 2. The molecule has 2 amide bonds. The molecule has 1 aliphatic rings. The summed E-state index contributed by atoms with van der Waals surface area (Å²) >= 11 is 1.59. The van der Waals surface area contributed by atoms with Gasteiger partial charge in [-0.25, -0.2) is 4.98 Å². The molecular formula is C25H28N4O2S. The van der Waals surface area contributed by atoms with Crippen LogP contribution in [0.1, 0.15) is 41.6 Å². The predicted molar refractivity (Wildman–Crippen MR) is 130 cm³/mol. The van der Waals surface area contributed by atoms with Gasteiger partial charge in [0.25, 0.3) is 5.91 Å². The Morgan fingerprint density at radius 1 is 1.12 bits per heavy atom. The number of benzene rings is 2. The highest BCUT2D eigenvalue weighted by molar-refractivity contribution is 7.13. The Balaban J connectivity index is 1.48. The number of hydrogen-bond donors (Lipinski definition) is 2. The molecule has 0 bridgehead atoms. The first-order chi connectivity index (χ1) is 15.5. The van der Waals surface area contributed by atoms with Gasteiger partial charge in [0.15, 0.2) is 0 Å². The summed E-state index contributed by atoms with van der Waals surface area (Å²) in [6, 6.07) is 13.5. The molecule has 1 aliphatic carbocycles. The largest absolute Gasteiger partial charge is 0.377 e. The minimum absolute atomic E-state index is 0.0467. The first-order valence-corrected chi connectivity index (χ1v) is 11.8. The molecule has 1 saturated carbocycles. The summed E-state index contributed by atoms with van der Waals surface area (Å²) in [5.74, 6) is -0.0540. The summed E-state index contributed by atoms with van der Waals surface area (Å²) in [4.78, 5) is 31.9. The maximum atomic E-state index is 13.1. The molecular weight excluding hydrogens is 420 g/mol. The van der Waals surface area contributed by atoms with Crippen LogP contribution in [0.25, 0.3) is 10.6 Å². The van der Waals surface area contributed by atoms with E-state index in [1.807, 2.05) is 60.8 Å². The molecule has 0 saturated heterocycles. The number of nitrogens with one attached hydrogen (secondary N) is 2. The lowest BCUT2D eigenvalue weighted by Crippen LogP contribution is -2.26. The smallest absolute Gasteiger partial charge is 0.253 e. The van der Waals surface area contributed by atoms with Crippen LogP contribution >= 0.6 is 11.3 Å². The predicted octanol–water partition coefficient (Wildman–Crippen LogP) is 4.93. The van der Waals surface area contributed by atoms with Crippen molar-refractivity contribution in [2.75, 3.05) is 24.3 Å². The molecule has 7 heteroatoms. The second-order valence-corrected chi connectivity index (χ2v) is 9.21. The van der Waals surface area contributed by atoms with Crippen LogP contribution in [0.4, 0.5) is 11.4 Å². The zero-order valence-electron chi connectivity index (χ0n) is 18.4. The van der Waals surface area contributed by atoms with Crippen molar-refractivity contribution >= 4 is 34.5 Å². The summed E-state index contributed by atoms with van der Waals surface area (Å²) in [5, 5.41) is 8.93. The van der Waals surface area contributed by atoms with Gasteiger partial charge >= 0.3 is 0 Å².